The summed E-state index contributed by atoms with van der Waals surface area (Å²) < 4.78 is 6.74. The third kappa shape index (κ3) is 3.54. The van der Waals surface area contributed by atoms with E-state index in [4.69, 9.17) is 4.42 Å². The predicted molar refractivity (Wildman–Crippen MR) is 91.2 cm³/mol. The summed E-state index contributed by atoms with van der Waals surface area (Å²) in [4.78, 5) is 14.0. The number of nitriles is 1. The lowest BCUT2D eigenvalue weighted by Gasteiger charge is -2.13. The first-order valence-electron chi connectivity index (χ1n) is 7.44. The molecule has 2 aromatic rings. The number of likely N-dealkylation sites (tertiary alicyclic amines) is 1. The van der Waals surface area contributed by atoms with E-state index < -0.39 is 0 Å². The molecule has 0 N–H and O–H groups in total. The number of carbonyl (C=O) groups excluding carboxylic acids is 1. The fourth-order valence-electron chi connectivity index (χ4n) is 2.57. The lowest BCUT2D eigenvalue weighted by molar-refractivity contribution is -0.125. The third-order valence-corrected chi connectivity index (χ3v) is 4.31. The summed E-state index contributed by atoms with van der Waals surface area (Å²) in [5.41, 5.74) is 1.06. The standard InChI is InChI=1S/C18H15BrN2O2/c19-15-5-3-13(4-6-15)17-8-7-16(23-17)11-14(12-20)18(22)21-9-1-2-10-21/h3-8,11H,1-2,9-10H2/b14-11+. The second-order valence-corrected chi connectivity index (χ2v) is 6.29. The summed E-state index contributed by atoms with van der Waals surface area (Å²) in [6, 6.07) is 13.3. The van der Waals surface area contributed by atoms with Crippen LogP contribution in [-0.2, 0) is 4.79 Å². The van der Waals surface area contributed by atoms with E-state index in [1.807, 2.05) is 36.4 Å². The molecule has 1 saturated heterocycles. The van der Waals surface area contributed by atoms with Crippen molar-refractivity contribution < 1.29 is 9.21 Å². The van der Waals surface area contributed by atoms with Crippen molar-refractivity contribution in [1.82, 2.24) is 4.90 Å². The van der Waals surface area contributed by atoms with Gasteiger partial charge in [-0.1, -0.05) is 28.1 Å². The molecule has 0 bridgehead atoms. The van der Waals surface area contributed by atoms with E-state index in [0.29, 0.717) is 11.5 Å². The molecule has 1 aromatic carbocycles. The molecule has 1 aliphatic heterocycles. The highest BCUT2D eigenvalue weighted by Crippen LogP contribution is 2.25. The van der Waals surface area contributed by atoms with Crippen LogP contribution in [0.15, 0.2) is 50.9 Å². The van der Waals surface area contributed by atoms with Crippen molar-refractivity contribution in [3.8, 4) is 17.4 Å². The smallest absolute Gasteiger partial charge is 0.264 e. The lowest BCUT2D eigenvalue weighted by Crippen LogP contribution is -2.28. The highest BCUT2D eigenvalue weighted by molar-refractivity contribution is 9.10. The Balaban J connectivity index is 1.82. The summed E-state index contributed by atoms with van der Waals surface area (Å²) in [7, 11) is 0. The summed E-state index contributed by atoms with van der Waals surface area (Å²) in [5, 5.41) is 9.26. The Kier molecular flexibility index (Phi) is 4.63. The van der Waals surface area contributed by atoms with Crippen molar-refractivity contribution in [1.29, 1.82) is 5.26 Å². The van der Waals surface area contributed by atoms with Gasteiger partial charge < -0.3 is 9.32 Å². The maximum absolute atomic E-state index is 12.3. The van der Waals surface area contributed by atoms with Gasteiger partial charge in [-0.25, -0.2) is 0 Å². The number of furan rings is 1. The van der Waals surface area contributed by atoms with Crippen molar-refractivity contribution in [3.63, 3.8) is 0 Å². The van der Waals surface area contributed by atoms with E-state index >= 15 is 0 Å². The largest absolute Gasteiger partial charge is 0.457 e. The molecule has 0 spiro atoms. The van der Waals surface area contributed by atoms with Crippen LogP contribution >= 0.6 is 15.9 Å². The monoisotopic (exact) mass is 370 g/mol. The summed E-state index contributed by atoms with van der Waals surface area (Å²) in [6.45, 7) is 1.44. The first-order chi connectivity index (χ1) is 11.2. The quantitative estimate of drug-likeness (QED) is 0.599. The van der Waals surface area contributed by atoms with Crippen LogP contribution in [-0.4, -0.2) is 23.9 Å². The van der Waals surface area contributed by atoms with Gasteiger partial charge in [-0.3, -0.25) is 4.79 Å². The molecule has 0 saturated carbocycles. The molecule has 1 aliphatic rings. The molecule has 0 unspecified atom stereocenters. The van der Waals surface area contributed by atoms with Crippen molar-refractivity contribution in [2.75, 3.05) is 13.1 Å². The molecule has 3 rings (SSSR count). The SMILES string of the molecule is N#C/C(=C\c1ccc(-c2ccc(Br)cc2)o1)C(=O)N1CCCC1. The fourth-order valence-corrected chi connectivity index (χ4v) is 2.84. The maximum Gasteiger partial charge on any atom is 0.264 e. The minimum atomic E-state index is -0.216. The van der Waals surface area contributed by atoms with Crippen LogP contribution in [0.1, 0.15) is 18.6 Å². The highest BCUT2D eigenvalue weighted by atomic mass is 79.9. The molecule has 23 heavy (non-hydrogen) atoms. The summed E-state index contributed by atoms with van der Waals surface area (Å²) in [5.74, 6) is 0.994. The Morgan fingerprint density at radius 1 is 1.17 bits per heavy atom. The molecular weight excluding hydrogens is 356 g/mol. The Bertz CT molecular complexity index is 778. The van der Waals surface area contributed by atoms with Gasteiger partial charge in [0, 0.05) is 29.2 Å². The molecule has 116 valence electrons. The van der Waals surface area contributed by atoms with Gasteiger partial charge >= 0.3 is 0 Å². The number of hydrogen-bond donors (Lipinski definition) is 0. The van der Waals surface area contributed by atoms with Crippen molar-refractivity contribution in [2.45, 2.75) is 12.8 Å². The van der Waals surface area contributed by atoms with Gasteiger partial charge in [0.25, 0.3) is 5.91 Å². The van der Waals surface area contributed by atoms with E-state index in [1.165, 1.54) is 6.08 Å². The molecule has 4 nitrogen and oxygen atoms in total. The zero-order valence-corrected chi connectivity index (χ0v) is 14.0. The minimum absolute atomic E-state index is 0.114. The molecule has 0 aliphatic carbocycles. The second kappa shape index (κ2) is 6.84. The molecule has 5 heteroatoms. The van der Waals surface area contributed by atoms with Gasteiger partial charge in [-0.2, -0.15) is 5.26 Å². The Morgan fingerprint density at radius 2 is 1.87 bits per heavy atom. The van der Waals surface area contributed by atoms with Crippen LogP contribution in [0, 0.1) is 11.3 Å². The van der Waals surface area contributed by atoms with E-state index in [2.05, 4.69) is 15.9 Å². The molecule has 1 aromatic heterocycles. The van der Waals surface area contributed by atoms with E-state index in [-0.39, 0.29) is 11.5 Å². The number of carbonyl (C=O) groups is 1. The average Bonchev–Trinajstić information content (AvgIpc) is 3.24. The third-order valence-electron chi connectivity index (χ3n) is 3.79. The number of nitrogens with zero attached hydrogens (tertiary/aromatic N) is 2. The Morgan fingerprint density at radius 3 is 2.52 bits per heavy atom. The number of amides is 1. The van der Waals surface area contributed by atoms with Crippen LogP contribution in [0.2, 0.25) is 0 Å². The number of rotatable bonds is 3. The Labute approximate surface area is 143 Å². The predicted octanol–water partition coefficient (Wildman–Crippen LogP) is 4.24. The van der Waals surface area contributed by atoms with Gasteiger partial charge in [0.15, 0.2) is 0 Å². The molecule has 0 atom stereocenters. The van der Waals surface area contributed by atoms with E-state index in [9.17, 15) is 10.1 Å². The number of benzene rings is 1. The van der Waals surface area contributed by atoms with Gasteiger partial charge in [0.2, 0.25) is 0 Å². The van der Waals surface area contributed by atoms with Gasteiger partial charge in [0.1, 0.15) is 23.2 Å². The normalized spacial score (nSPS) is 14.8. The lowest BCUT2D eigenvalue weighted by atomic mass is 10.2. The first-order valence-corrected chi connectivity index (χ1v) is 8.23. The van der Waals surface area contributed by atoms with Gasteiger partial charge in [-0.05, 0) is 37.1 Å². The number of halogens is 1. The average molecular weight is 371 g/mol. The van der Waals surface area contributed by atoms with Crippen LogP contribution in [0.25, 0.3) is 17.4 Å². The second-order valence-electron chi connectivity index (χ2n) is 5.38. The maximum atomic E-state index is 12.3. The van der Waals surface area contributed by atoms with Crippen molar-refractivity contribution in [2.24, 2.45) is 0 Å². The topological polar surface area (TPSA) is 57.2 Å². The molecule has 2 heterocycles. The van der Waals surface area contributed by atoms with Crippen LogP contribution in [0.3, 0.4) is 0 Å². The first kappa shape index (κ1) is 15.6. The Hall–Kier alpha value is -2.32. The zero-order valence-electron chi connectivity index (χ0n) is 12.5. The van der Waals surface area contributed by atoms with E-state index in [0.717, 1.165) is 36.0 Å². The van der Waals surface area contributed by atoms with Crippen LogP contribution < -0.4 is 0 Å². The fraction of sp³-hybridized carbons (Fsp3) is 0.222. The molecule has 1 fully saturated rings. The molecule has 1 amide bonds. The van der Waals surface area contributed by atoms with Crippen molar-refractivity contribution in [3.05, 3.63) is 52.2 Å². The van der Waals surface area contributed by atoms with E-state index in [1.54, 1.807) is 11.0 Å². The van der Waals surface area contributed by atoms with Gasteiger partial charge in [0.05, 0.1) is 0 Å². The minimum Gasteiger partial charge on any atom is -0.457 e. The zero-order chi connectivity index (χ0) is 16.2. The van der Waals surface area contributed by atoms with Crippen LogP contribution in [0.5, 0.6) is 0 Å². The highest BCUT2D eigenvalue weighted by Gasteiger charge is 2.21. The summed E-state index contributed by atoms with van der Waals surface area (Å²) >= 11 is 3.40. The molecule has 0 radical (unpaired) electrons. The molecular formula is C18H15BrN2O2. The van der Waals surface area contributed by atoms with Gasteiger partial charge in [-0.15, -0.1) is 0 Å². The van der Waals surface area contributed by atoms with Crippen molar-refractivity contribution >= 4 is 27.9 Å². The van der Waals surface area contributed by atoms with Crippen LogP contribution in [0.4, 0.5) is 0 Å². The summed E-state index contributed by atoms with van der Waals surface area (Å²) in [6.07, 6.45) is 3.51. The number of hydrogen-bond acceptors (Lipinski definition) is 3.